The van der Waals surface area contributed by atoms with Crippen LogP contribution in [0.25, 0.3) is 0 Å². The van der Waals surface area contributed by atoms with Crippen LogP contribution in [0, 0.1) is 27.9 Å². The van der Waals surface area contributed by atoms with E-state index in [9.17, 15) is 18.0 Å². The van der Waals surface area contributed by atoms with Crippen molar-refractivity contribution in [3.05, 3.63) is 68.8 Å². The third-order valence-electron chi connectivity index (χ3n) is 3.85. The molecule has 0 bridgehead atoms. The highest BCUT2D eigenvalue weighted by molar-refractivity contribution is 14.1. The molecule has 0 saturated carbocycles. The van der Waals surface area contributed by atoms with Gasteiger partial charge in [0, 0.05) is 12.1 Å². The molecule has 1 aromatic heterocycles. The number of nitrogens with zero attached hydrogens (tertiary/aromatic N) is 4. The van der Waals surface area contributed by atoms with Gasteiger partial charge in [-0.3, -0.25) is 4.79 Å². The first-order valence-corrected chi connectivity index (χ1v) is 8.87. The SMILES string of the molecule is Cc1nnnn1C(Cc1ccc(F)cc1)C(=O)Nc1cc(F)c(I)c(F)c1. The van der Waals surface area contributed by atoms with E-state index in [2.05, 4.69) is 20.8 Å². The maximum absolute atomic E-state index is 13.7. The molecule has 1 amide bonds. The molecule has 0 saturated heterocycles. The number of aromatic nitrogens is 4. The third-order valence-corrected chi connectivity index (χ3v) is 4.88. The number of aryl methyl sites for hydroxylation is 1. The van der Waals surface area contributed by atoms with Crippen LogP contribution in [-0.2, 0) is 11.2 Å². The van der Waals surface area contributed by atoms with Crippen molar-refractivity contribution in [2.24, 2.45) is 0 Å². The van der Waals surface area contributed by atoms with E-state index in [1.54, 1.807) is 19.1 Å². The number of carbonyl (C=O) groups is 1. The summed E-state index contributed by atoms with van der Waals surface area (Å²) >= 11 is 1.54. The summed E-state index contributed by atoms with van der Waals surface area (Å²) in [6.45, 7) is 1.62. The number of tetrazole rings is 1. The lowest BCUT2D eigenvalue weighted by atomic mass is 10.0. The smallest absolute Gasteiger partial charge is 0.249 e. The van der Waals surface area contributed by atoms with Gasteiger partial charge in [-0.25, -0.2) is 17.9 Å². The molecule has 2 aromatic carbocycles. The Morgan fingerprint density at radius 2 is 1.81 bits per heavy atom. The Morgan fingerprint density at radius 1 is 1.19 bits per heavy atom. The highest BCUT2D eigenvalue weighted by Crippen LogP contribution is 2.22. The van der Waals surface area contributed by atoms with Crippen molar-refractivity contribution < 1.29 is 18.0 Å². The van der Waals surface area contributed by atoms with Crippen molar-refractivity contribution >= 4 is 34.2 Å². The molecule has 1 N–H and O–H groups in total. The fourth-order valence-electron chi connectivity index (χ4n) is 2.51. The molecule has 140 valence electrons. The summed E-state index contributed by atoms with van der Waals surface area (Å²) in [5, 5.41) is 13.6. The summed E-state index contributed by atoms with van der Waals surface area (Å²) in [6.07, 6.45) is 0.160. The maximum atomic E-state index is 13.7. The van der Waals surface area contributed by atoms with E-state index in [-0.39, 0.29) is 15.7 Å². The van der Waals surface area contributed by atoms with Crippen LogP contribution in [-0.4, -0.2) is 26.1 Å². The molecule has 1 heterocycles. The van der Waals surface area contributed by atoms with Crippen LogP contribution in [0.3, 0.4) is 0 Å². The number of rotatable bonds is 5. The zero-order valence-corrected chi connectivity index (χ0v) is 16.1. The number of benzene rings is 2. The van der Waals surface area contributed by atoms with Gasteiger partial charge in [0.25, 0.3) is 0 Å². The van der Waals surface area contributed by atoms with Crippen molar-refractivity contribution in [3.63, 3.8) is 0 Å². The predicted octanol–water partition coefficient (Wildman–Crippen LogP) is 3.43. The van der Waals surface area contributed by atoms with Crippen LogP contribution in [0.4, 0.5) is 18.9 Å². The Morgan fingerprint density at radius 3 is 2.37 bits per heavy atom. The molecule has 0 fully saturated rings. The number of carbonyl (C=O) groups excluding carboxylic acids is 1. The summed E-state index contributed by atoms with van der Waals surface area (Å²) in [7, 11) is 0. The fraction of sp³-hybridized carbons (Fsp3) is 0.176. The van der Waals surface area contributed by atoms with Gasteiger partial charge in [-0.2, -0.15) is 0 Å². The molecule has 1 unspecified atom stereocenters. The molecule has 0 aliphatic heterocycles. The van der Waals surface area contributed by atoms with Gasteiger partial charge >= 0.3 is 0 Å². The molecule has 27 heavy (non-hydrogen) atoms. The predicted molar refractivity (Wildman–Crippen MR) is 99.4 cm³/mol. The Bertz CT molecular complexity index is 954. The largest absolute Gasteiger partial charge is 0.324 e. The lowest BCUT2D eigenvalue weighted by Gasteiger charge is -2.18. The number of anilines is 1. The van der Waals surface area contributed by atoms with Crippen LogP contribution in [0.2, 0.25) is 0 Å². The van der Waals surface area contributed by atoms with Crippen molar-refractivity contribution in [1.29, 1.82) is 0 Å². The van der Waals surface area contributed by atoms with Crippen LogP contribution in [0.5, 0.6) is 0 Å². The van der Waals surface area contributed by atoms with Crippen LogP contribution >= 0.6 is 22.6 Å². The topological polar surface area (TPSA) is 72.7 Å². The molecular weight excluding hydrogens is 474 g/mol. The number of hydrogen-bond donors (Lipinski definition) is 1. The van der Waals surface area contributed by atoms with Crippen molar-refractivity contribution in [2.75, 3.05) is 5.32 Å². The first-order chi connectivity index (χ1) is 12.8. The monoisotopic (exact) mass is 487 g/mol. The zero-order chi connectivity index (χ0) is 19.6. The highest BCUT2D eigenvalue weighted by Gasteiger charge is 2.25. The summed E-state index contributed by atoms with van der Waals surface area (Å²) in [5.41, 5.74) is 0.650. The second-order valence-electron chi connectivity index (χ2n) is 5.76. The molecular formula is C17H13F3IN5O. The van der Waals surface area contributed by atoms with E-state index in [0.717, 1.165) is 12.1 Å². The summed E-state index contributed by atoms with van der Waals surface area (Å²) in [5.74, 6) is -2.13. The first kappa shape index (κ1) is 19.3. The van der Waals surface area contributed by atoms with E-state index >= 15 is 0 Å². The van der Waals surface area contributed by atoms with Crippen molar-refractivity contribution in [2.45, 2.75) is 19.4 Å². The van der Waals surface area contributed by atoms with Gasteiger partial charge < -0.3 is 5.32 Å². The molecule has 10 heteroatoms. The van der Waals surface area contributed by atoms with E-state index in [1.807, 2.05) is 0 Å². The fourth-order valence-corrected chi connectivity index (χ4v) is 2.82. The molecule has 3 aromatic rings. The quantitative estimate of drug-likeness (QED) is 0.443. The standard InChI is InChI=1S/C17H13F3IN5O/c1-9-23-24-25-26(9)15(6-10-2-4-11(18)5-3-10)17(27)22-12-7-13(19)16(21)14(20)8-12/h2-5,7-8,15H,6H2,1H3,(H,22,27). The van der Waals surface area contributed by atoms with Gasteiger partial charge in [0.15, 0.2) is 0 Å². The van der Waals surface area contributed by atoms with Crippen LogP contribution < -0.4 is 5.32 Å². The van der Waals surface area contributed by atoms with Gasteiger partial charge in [-0.05, 0) is 69.8 Å². The van der Waals surface area contributed by atoms with E-state index in [4.69, 9.17) is 0 Å². The zero-order valence-electron chi connectivity index (χ0n) is 14.0. The molecule has 0 spiro atoms. The third kappa shape index (κ3) is 4.43. The molecule has 0 aliphatic carbocycles. The van der Waals surface area contributed by atoms with E-state index in [1.165, 1.54) is 39.4 Å². The lowest BCUT2D eigenvalue weighted by Crippen LogP contribution is -2.29. The van der Waals surface area contributed by atoms with Crippen LogP contribution in [0.15, 0.2) is 36.4 Å². The number of hydrogen-bond acceptors (Lipinski definition) is 4. The second-order valence-corrected chi connectivity index (χ2v) is 6.84. The maximum Gasteiger partial charge on any atom is 0.249 e. The average molecular weight is 487 g/mol. The number of halogens is 4. The highest BCUT2D eigenvalue weighted by atomic mass is 127. The summed E-state index contributed by atoms with van der Waals surface area (Å²) < 4.78 is 41.8. The van der Waals surface area contributed by atoms with Crippen LogP contribution in [0.1, 0.15) is 17.4 Å². The molecule has 1 atom stereocenters. The summed E-state index contributed by atoms with van der Waals surface area (Å²) in [6, 6.07) is 6.81. The Kier molecular flexibility index (Phi) is 5.73. The Balaban J connectivity index is 1.89. The normalized spacial score (nSPS) is 12.0. The van der Waals surface area contributed by atoms with Gasteiger partial charge in [-0.15, -0.1) is 5.10 Å². The van der Waals surface area contributed by atoms with Crippen molar-refractivity contribution in [1.82, 2.24) is 20.2 Å². The first-order valence-electron chi connectivity index (χ1n) is 7.79. The van der Waals surface area contributed by atoms with E-state index < -0.39 is 29.4 Å². The van der Waals surface area contributed by atoms with Gasteiger partial charge in [0.2, 0.25) is 5.91 Å². The minimum atomic E-state index is -0.893. The molecule has 0 radical (unpaired) electrons. The van der Waals surface area contributed by atoms with Gasteiger partial charge in [0.1, 0.15) is 29.3 Å². The average Bonchev–Trinajstić information content (AvgIpc) is 3.04. The Labute approximate surface area is 165 Å². The van der Waals surface area contributed by atoms with E-state index in [0.29, 0.717) is 11.4 Å². The minimum absolute atomic E-state index is 0.0229. The lowest BCUT2D eigenvalue weighted by molar-refractivity contribution is -0.119. The molecule has 0 aliphatic rings. The van der Waals surface area contributed by atoms with Crippen molar-refractivity contribution in [3.8, 4) is 0 Å². The van der Waals surface area contributed by atoms with Gasteiger partial charge in [0.05, 0.1) is 3.57 Å². The molecule has 3 rings (SSSR count). The Hall–Kier alpha value is -2.50. The minimum Gasteiger partial charge on any atom is -0.324 e. The number of amides is 1. The second kappa shape index (κ2) is 8.03. The summed E-state index contributed by atoms with van der Waals surface area (Å²) in [4.78, 5) is 12.8. The molecule has 6 nitrogen and oxygen atoms in total. The van der Waals surface area contributed by atoms with Gasteiger partial charge in [-0.1, -0.05) is 12.1 Å². The number of nitrogens with one attached hydrogen (secondary N) is 1.